The highest BCUT2D eigenvalue weighted by Crippen LogP contribution is 2.32. The number of aromatic hydroxyl groups is 1. The molecule has 0 aliphatic heterocycles. The highest BCUT2D eigenvalue weighted by Gasteiger charge is 2.08. The van der Waals surface area contributed by atoms with Gasteiger partial charge in [0.2, 0.25) is 0 Å². The third-order valence-electron chi connectivity index (χ3n) is 3.11. The van der Waals surface area contributed by atoms with Crippen LogP contribution in [-0.2, 0) is 4.79 Å². The maximum Gasteiger partial charge on any atom is 0.277 e. The lowest BCUT2D eigenvalue weighted by Gasteiger charge is -2.08. The maximum atomic E-state index is 11.8. The van der Waals surface area contributed by atoms with Crippen molar-refractivity contribution in [1.29, 1.82) is 0 Å². The Kier molecular flexibility index (Phi) is 7.05. The number of phenols is 1. The summed E-state index contributed by atoms with van der Waals surface area (Å²) in [6.45, 7) is 4.10. The van der Waals surface area contributed by atoms with Crippen LogP contribution in [0.25, 0.3) is 0 Å². The van der Waals surface area contributed by atoms with Crippen LogP contribution in [0, 0.1) is 10.5 Å². The molecule has 0 saturated heterocycles. The van der Waals surface area contributed by atoms with Gasteiger partial charge in [-0.2, -0.15) is 5.10 Å². The van der Waals surface area contributed by atoms with Gasteiger partial charge in [-0.15, -0.1) is 0 Å². The molecule has 0 aliphatic carbocycles. The van der Waals surface area contributed by atoms with Gasteiger partial charge < -0.3 is 14.6 Å². The van der Waals surface area contributed by atoms with Gasteiger partial charge in [0.25, 0.3) is 5.91 Å². The standard InChI is InChI=1S/C18H19IN2O4/c1-3-24-16-9-13(8-15(19)18(16)23)10-20-21-17(22)11-25-14-6-4-5-12(2)7-14/h4-10,23H,3,11H2,1-2H3,(H,21,22). The van der Waals surface area contributed by atoms with Crippen LogP contribution in [-0.4, -0.2) is 30.4 Å². The molecule has 0 saturated carbocycles. The number of hydrogen-bond donors (Lipinski definition) is 2. The quantitative estimate of drug-likeness (QED) is 0.383. The summed E-state index contributed by atoms with van der Waals surface area (Å²) in [5.41, 5.74) is 4.16. The zero-order chi connectivity index (χ0) is 18.2. The Hall–Kier alpha value is -2.29. The molecule has 0 spiro atoms. The van der Waals surface area contributed by atoms with Crippen molar-refractivity contribution in [3.05, 3.63) is 51.1 Å². The van der Waals surface area contributed by atoms with E-state index >= 15 is 0 Å². The Morgan fingerprint density at radius 1 is 1.32 bits per heavy atom. The molecule has 2 N–H and O–H groups in total. The largest absolute Gasteiger partial charge is 0.504 e. The molecule has 0 unspecified atom stereocenters. The average Bonchev–Trinajstić information content (AvgIpc) is 2.58. The van der Waals surface area contributed by atoms with Crippen LogP contribution in [0.3, 0.4) is 0 Å². The molecule has 25 heavy (non-hydrogen) atoms. The van der Waals surface area contributed by atoms with Gasteiger partial charge in [-0.3, -0.25) is 4.79 Å². The van der Waals surface area contributed by atoms with Gasteiger partial charge in [-0.25, -0.2) is 5.43 Å². The highest BCUT2D eigenvalue weighted by molar-refractivity contribution is 14.1. The number of phenolic OH excluding ortho intramolecular Hbond substituents is 1. The van der Waals surface area contributed by atoms with Gasteiger partial charge in [0, 0.05) is 0 Å². The fourth-order valence-corrected chi connectivity index (χ4v) is 2.62. The molecule has 2 aromatic carbocycles. The van der Waals surface area contributed by atoms with E-state index in [0.29, 0.717) is 27.2 Å². The molecule has 0 fully saturated rings. The summed E-state index contributed by atoms with van der Waals surface area (Å²) in [5.74, 6) is 0.741. The Bertz CT molecular complexity index is 778. The zero-order valence-electron chi connectivity index (χ0n) is 14.0. The fourth-order valence-electron chi connectivity index (χ4n) is 2.00. The smallest absolute Gasteiger partial charge is 0.277 e. The minimum Gasteiger partial charge on any atom is -0.504 e. The molecule has 2 aromatic rings. The fraction of sp³-hybridized carbons (Fsp3) is 0.222. The first-order valence-corrected chi connectivity index (χ1v) is 8.74. The molecule has 1 amide bonds. The number of hydrogen-bond acceptors (Lipinski definition) is 5. The second kappa shape index (κ2) is 9.26. The van der Waals surface area contributed by atoms with Crippen molar-refractivity contribution in [1.82, 2.24) is 5.43 Å². The van der Waals surface area contributed by atoms with Gasteiger partial charge in [0.05, 0.1) is 16.4 Å². The summed E-state index contributed by atoms with van der Waals surface area (Å²) in [5, 5.41) is 13.8. The van der Waals surface area contributed by atoms with E-state index in [2.05, 4.69) is 10.5 Å². The number of carbonyl (C=O) groups is 1. The topological polar surface area (TPSA) is 80.2 Å². The van der Waals surface area contributed by atoms with Crippen LogP contribution in [0.2, 0.25) is 0 Å². The maximum absolute atomic E-state index is 11.8. The van der Waals surface area contributed by atoms with Crippen molar-refractivity contribution in [2.24, 2.45) is 5.10 Å². The third kappa shape index (κ3) is 5.93. The van der Waals surface area contributed by atoms with Crippen LogP contribution in [0.1, 0.15) is 18.1 Å². The molecular weight excluding hydrogens is 435 g/mol. The van der Waals surface area contributed by atoms with Gasteiger partial charge in [-0.1, -0.05) is 12.1 Å². The Morgan fingerprint density at radius 3 is 2.84 bits per heavy atom. The number of ether oxygens (including phenoxy) is 2. The average molecular weight is 454 g/mol. The number of amides is 1. The Balaban J connectivity index is 1.90. The third-order valence-corrected chi connectivity index (χ3v) is 3.94. The van der Waals surface area contributed by atoms with Crippen LogP contribution < -0.4 is 14.9 Å². The van der Waals surface area contributed by atoms with Crippen LogP contribution in [0.15, 0.2) is 41.5 Å². The van der Waals surface area contributed by atoms with Crippen molar-refractivity contribution >= 4 is 34.7 Å². The van der Waals surface area contributed by atoms with Crippen molar-refractivity contribution in [2.45, 2.75) is 13.8 Å². The first-order chi connectivity index (χ1) is 12.0. The number of benzene rings is 2. The lowest BCUT2D eigenvalue weighted by atomic mass is 10.2. The van der Waals surface area contributed by atoms with Gasteiger partial charge in [0.1, 0.15) is 5.75 Å². The summed E-state index contributed by atoms with van der Waals surface area (Å²) in [4.78, 5) is 11.8. The van der Waals surface area contributed by atoms with E-state index in [9.17, 15) is 9.90 Å². The lowest BCUT2D eigenvalue weighted by Crippen LogP contribution is -2.24. The monoisotopic (exact) mass is 454 g/mol. The predicted octanol–water partition coefficient (Wildman–Crippen LogP) is 3.23. The summed E-state index contributed by atoms with van der Waals surface area (Å²) in [6, 6.07) is 10.8. The van der Waals surface area contributed by atoms with Crippen LogP contribution in [0.4, 0.5) is 0 Å². The van der Waals surface area contributed by atoms with Gasteiger partial charge in [0.15, 0.2) is 18.1 Å². The molecule has 0 aromatic heterocycles. The van der Waals surface area contributed by atoms with Crippen molar-refractivity contribution < 1.29 is 19.4 Å². The highest BCUT2D eigenvalue weighted by atomic mass is 127. The first kappa shape index (κ1) is 19.0. The molecule has 0 atom stereocenters. The summed E-state index contributed by atoms with van der Waals surface area (Å²) < 4.78 is 11.4. The second-order valence-corrected chi connectivity index (χ2v) is 6.34. The molecule has 2 rings (SSSR count). The summed E-state index contributed by atoms with van der Waals surface area (Å²) in [7, 11) is 0. The van der Waals surface area contributed by atoms with Crippen molar-refractivity contribution in [2.75, 3.05) is 13.2 Å². The van der Waals surface area contributed by atoms with Crippen molar-refractivity contribution in [3.8, 4) is 17.2 Å². The Morgan fingerprint density at radius 2 is 2.12 bits per heavy atom. The molecule has 0 bridgehead atoms. The van der Waals surface area contributed by atoms with Crippen molar-refractivity contribution in [3.63, 3.8) is 0 Å². The molecule has 132 valence electrons. The second-order valence-electron chi connectivity index (χ2n) is 5.18. The van der Waals surface area contributed by atoms with E-state index in [1.807, 2.05) is 54.6 Å². The molecule has 0 aliphatic rings. The van der Waals surface area contributed by atoms with Crippen LogP contribution in [0.5, 0.6) is 17.2 Å². The SMILES string of the molecule is CCOc1cc(C=NNC(=O)COc2cccc(C)c2)cc(I)c1O. The summed E-state index contributed by atoms with van der Waals surface area (Å²) >= 11 is 2.00. The van der Waals surface area contributed by atoms with Gasteiger partial charge in [-0.05, 0) is 71.8 Å². The minimum atomic E-state index is -0.365. The number of nitrogens with zero attached hydrogens (tertiary/aromatic N) is 1. The molecular formula is C18H19IN2O4. The number of aryl methyl sites for hydroxylation is 1. The number of hydrazone groups is 1. The van der Waals surface area contributed by atoms with E-state index in [1.54, 1.807) is 18.2 Å². The molecule has 7 heteroatoms. The van der Waals surface area contributed by atoms with E-state index in [1.165, 1.54) is 6.21 Å². The van der Waals surface area contributed by atoms with Crippen LogP contribution >= 0.6 is 22.6 Å². The lowest BCUT2D eigenvalue weighted by molar-refractivity contribution is -0.123. The van der Waals surface area contributed by atoms with E-state index in [0.717, 1.165) is 5.56 Å². The van der Waals surface area contributed by atoms with E-state index < -0.39 is 0 Å². The minimum absolute atomic E-state index is 0.0928. The molecule has 0 radical (unpaired) electrons. The first-order valence-electron chi connectivity index (χ1n) is 7.66. The molecule has 6 nitrogen and oxygen atoms in total. The number of rotatable bonds is 7. The predicted molar refractivity (Wildman–Crippen MR) is 104 cm³/mol. The Labute approximate surface area is 160 Å². The van der Waals surface area contributed by atoms with E-state index in [-0.39, 0.29) is 18.3 Å². The molecule has 0 heterocycles. The van der Waals surface area contributed by atoms with E-state index in [4.69, 9.17) is 9.47 Å². The number of carbonyl (C=O) groups excluding carboxylic acids is 1. The normalized spacial score (nSPS) is 10.7. The van der Waals surface area contributed by atoms with Gasteiger partial charge >= 0.3 is 0 Å². The zero-order valence-corrected chi connectivity index (χ0v) is 16.1. The summed E-state index contributed by atoms with van der Waals surface area (Å²) in [6.07, 6.45) is 1.48. The number of halogens is 1. The number of nitrogens with one attached hydrogen (secondary N) is 1.